The summed E-state index contributed by atoms with van der Waals surface area (Å²) in [5.74, 6) is 0.872. The molecule has 1 heterocycles. The molecule has 0 unspecified atom stereocenters. The van der Waals surface area contributed by atoms with E-state index in [1.54, 1.807) is 0 Å². The van der Waals surface area contributed by atoms with E-state index in [4.69, 9.17) is 4.74 Å². The van der Waals surface area contributed by atoms with Gasteiger partial charge in [-0.1, -0.05) is 0 Å². The molecular formula is C10H17NO2. The lowest BCUT2D eigenvalue weighted by Crippen LogP contribution is -2.28. The van der Waals surface area contributed by atoms with Crippen molar-refractivity contribution in [1.29, 1.82) is 0 Å². The second-order valence-corrected chi connectivity index (χ2v) is 4.32. The van der Waals surface area contributed by atoms with Crippen LogP contribution in [0.25, 0.3) is 0 Å². The van der Waals surface area contributed by atoms with Crippen molar-refractivity contribution >= 4 is 5.78 Å². The quantitative estimate of drug-likeness (QED) is 0.608. The molecule has 0 saturated carbocycles. The topological polar surface area (TPSA) is 29.5 Å². The summed E-state index contributed by atoms with van der Waals surface area (Å²) in [4.78, 5) is 12.9. The Balaban J connectivity index is 2.45. The number of hydrogen-bond acceptors (Lipinski definition) is 3. The predicted octanol–water partition coefficient (Wildman–Crippen LogP) is 1.55. The van der Waals surface area contributed by atoms with Crippen LogP contribution < -0.4 is 0 Å². The summed E-state index contributed by atoms with van der Waals surface area (Å²) in [5.41, 5.74) is -0.233. The molecule has 0 bridgehead atoms. The van der Waals surface area contributed by atoms with Crippen molar-refractivity contribution in [2.75, 3.05) is 13.1 Å². The summed E-state index contributed by atoms with van der Waals surface area (Å²) in [6.45, 7) is 10.9. The zero-order chi connectivity index (χ0) is 10.1. The summed E-state index contributed by atoms with van der Waals surface area (Å²) < 4.78 is 5.55. The highest BCUT2D eigenvalue weighted by Crippen LogP contribution is 2.18. The number of hydrogen-bond donors (Lipinski definition) is 0. The van der Waals surface area contributed by atoms with E-state index in [1.807, 2.05) is 25.7 Å². The zero-order valence-electron chi connectivity index (χ0n) is 8.59. The van der Waals surface area contributed by atoms with Gasteiger partial charge in [-0.2, -0.15) is 0 Å². The van der Waals surface area contributed by atoms with Crippen LogP contribution in [0, 0.1) is 0 Å². The fraction of sp³-hybridized carbons (Fsp3) is 0.700. The number of nitrogens with zero attached hydrogens (tertiary/aromatic N) is 1. The van der Waals surface area contributed by atoms with E-state index in [0.29, 0.717) is 18.8 Å². The minimum absolute atomic E-state index is 0.233. The van der Waals surface area contributed by atoms with Crippen molar-refractivity contribution in [2.45, 2.75) is 32.8 Å². The molecule has 3 heteroatoms. The standard InChI is InChI=1S/C10H17NO2/c1-8(13-10(2,3)4)11-6-5-9(12)7-11/h1,5-7H2,2-4H3. The maximum Gasteiger partial charge on any atom is 0.182 e. The van der Waals surface area contributed by atoms with Gasteiger partial charge in [-0.15, -0.1) is 0 Å². The van der Waals surface area contributed by atoms with E-state index >= 15 is 0 Å². The number of ether oxygens (including phenoxy) is 1. The number of rotatable bonds is 2. The Hall–Kier alpha value is -0.990. The fourth-order valence-corrected chi connectivity index (χ4v) is 1.26. The normalized spacial score (nSPS) is 17.8. The van der Waals surface area contributed by atoms with E-state index < -0.39 is 0 Å². The predicted molar refractivity (Wildman–Crippen MR) is 51.2 cm³/mol. The third-order valence-electron chi connectivity index (χ3n) is 1.80. The Morgan fingerprint density at radius 1 is 1.54 bits per heavy atom. The van der Waals surface area contributed by atoms with E-state index in [2.05, 4.69) is 6.58 Å². The molecule has 0 aromatic rings. The van der Waals surface area contributed by atoms with Crippen LogP contribution in [0.15, 0.2) is 12.5 Å². The van der Waals surface area contributed by atoms with E-state index in [9.17, 15) is 4.79 Å². The minimum atomic E-state index is -0.233. The molecule has 1 fully saturated rings. The van der Waals surface area contributed by atoms with Crippen LogP contribution in [-0.2, 0) is 9.53 Å². The van der Waals surface area contributed by atoms with Gasteiger partial charge in [0.2, 0.25) is 0 Å². The third-order valence-corrected chi connectivity index (χ3v) is 1.80. The largest absolute Gasteiger partial charge is 0.474 e. The molecule has 1 saturated heterocycles. The molecule has 1 aliphatic rings. The Labute approximate surface area is 79.4 Å². The molecule has 0 radical (unpaired) electrons. The van der Waals surface area contributed by atoms with Gasteiger partial charge in [-0.3, -0.25) is 4.79 Å². The highest BCUT2D eigenvalue weighted by Gasteiger charge is 2.23. The maximum absolute atomic E-state index is 11.0. The first-order chi connectivity index (χ1) is 5.88. The fourth-order valence-electron chi connectivity index (χ4n) is 1.26. The first-order valence-electron chi connectivity index (χ1n) is 4.53. The van der Waals surface area contributed by atoms with Gasteiger partial charge in [-0.05, 0) is 27.4 Å². The molecule has 0 aliphatic carbocycles. The van der Waals surface area contributed by atoms with Crippen molar-refractivity contribution in [3.63, 3.8) is 0 Å². The van der Waals surface area contributed by atoms with Crippen molar-refractivity contribution in [2.24, 2.45) is 0 Å². The SMILES string of the molecule is C=C(OC(C)(C)C)N1CCC(=O)C1. The minimum Gasteiger partial charge on any atom is -0.474 e. The molecule has 0 atom stereocenters. The van der Waals surface area contributed by atoms with Crippen LogP contribution in [0.5, 0.6) is 0 Å². The molecule has 0 N–H and O–H groups in total. The summed E-state index contributed by atoms with van der Waals surface area (Å²) in [5, 5.41) is 0. The van der Waals surface area contributed by atoms with Crippen molar-refractivity contribution in [3.05, 3.63) is 12.5 Å². The first-order valence-corrected chi connectivity index (χ1v) is 4.53. The van der Waals surface area contributed by atoms with Gasteiger partial charge < -0.3 is 9.64 Å². The number of carbonyl (C=O) groups excluding carboxylic acids is 1. The average Bonchev–Trinajstić information content (AvgIpc) is 2.31. The van der Waals surface area contributed by atoms with Gasteiger partial charge in [0.15, 0.2) is 11.7 Å². The van der Waals surface area contributed by atoms with Crippen molar-refractivity contribution < 1.29 is 9.53 Å². The van der Waals surface area contributed by atoms with Gasteiger partial charge in [0, 0.05) is 13.0 Å². The molecule has 3 nitrogen and oxygen atoms in total. The number of likely N-dealkylation sites (tertiary alicyclic amines) is 1. The lowest BCUT2D eigenvalue weighted by molar-refractivity contribution is -0.117. The molecule has 0 amide bonds. The van der Waals surface area contributed by atoms with Crippen LogP contribution >= 0.6 is 0 Å². The van der Waals surface area contributed by atoms with Gasteiger partial charge >= 0.3 is 0 Å². The van der Waals surface area contributed by atoms with Crippen LogP contribution in [-0.4, -0.2) is 29.4 Å². The van der Waals surface area contributed by atoms with Gasteiger partial charge in [0.1, 0.15) is 5.60 Å². The second kappa shape index (κ2) is 3.40. The number of Topliss-reactive ketones (excluding diaryl/α,β-unsaturated/α-hetero) is 1. The van der Waals surface area contributed by atoms with E-state index in [1.165, 1.54) is 0 Å². The molecule has 1 rings (SSSR count). The van der Waals surface area contributed by atoms with Crippen LogP contribution in [0.1, 0.15) is 27.2 Å². The molecule has 0 aromatic carbocycles. The Morgan fingerprint density at radius 2 is 2.15 bits per heavy atom. The lowest BCUT2D eigenvalue weighted by Gasteiger charge is -2.27. The average molecular weight is 183 g/mol. The molecule has 74 valence electrons. The third kappa shape index (κ3) is 3.09. The summed E-state index contributed by atoms with van der Waals surface area (Å²) >= 11 is 0. The van der Waals surface area contributed by atoms with Gasteiger partial charge in [0.05, 0.1) is 6.54 Å². The number of carbonyl (C=O) groups is 1. The van der Waals surface area contributed by atoms with Crippen molar-refractivity contribution in [3.8, 4) is 0 Å². The Morgan fingerprint density at radius 3 is 2.54 bits per heavy atom. The Bertz CT molecular complexity index is 228. The van der Waals surface area contributed by atoms with Crippen molar-refractivity contribution in [1.82, 2.24) is 4.90 Å². The molecule has 13 heavy (non-hydrogen) atoms. The van der Waals surface area contributed by atoms with E-state index in [0.717, 1.165) is 6.54 Å². The maximum atomic E-state index is 11.0. The molecule has 1 aliphatic heterocycles. The highest BCUT2D eigenvalue weighted by molar-refractivity contribution is 5.82. The monoisotopic (exact) mass is 183 g/mol. The summed E-state index contributed by atoms with van der Waals surface area (Å²) in [6.07, 6.45) is 0.618. The summed E-state index contributed by atoms with van der Waals surface area (Å²) in [6, 6.07) is 0. The lowest BCUT2D eigenvalue weighted by atomic mass is 10.2. The van der Waals surface area contributed by atoms with Crippen LogP contribution in [0.4, 0.5) is 0 Å². The smallest absolute Gasteiger partial charge is 0.182 e. The Kier molecular flexibility index (Phi) is 2.64. The zero-order valence-corrected chi connectivity index (χ0v) is 8.59. The highest BCUT2D eigenvalue weighted by atomic mass is 16.5. The number of ketones is 1. The first kappa shape index (κ1) is 10.1. The molecule has 0 spiro atoms. The van der Waals surface area contributed by atoms with E-state index in [-0.39, 0.29) is 11.4 Å². The van der Waals surface area contributed by atoms with Gasteiger partial charge in [-0.25, -0.2) is 0 Å². The van der Waals surface area contributed by atoms with Crippen LogP contribution in [0.2, 0.25) is 0 Å². The summed E-state index contributed by atoms with van der Waals surface area (Å²) in [7, 11) is 0. The second-order valence-electron chi connectivity index (χ2n) is 4.32. The van der Waals surface area contributed by atoms with Crippen LogP contribution in [0.3, 0.4) is 0 Å². The molecular weight excluding hydrogens is 166 g/mol. The van der Waals surface area contributed by atoms with Gasteiger partial charge in [0.25, 0.3) is 0 Å². The molecule has 0 aromatic heterocycles.